The van der Waals surface area contributed by atoms with Gasteiger partial charge in [-0.3, -0.25) is 18.4 Å². The minimum atomic E-state index is -5.37. The summed E-state index contributed by atoms with van der Waals surface area (Å²) < 4.78 is 50.9. The van der Waals surface area contributed by atoms with E-state index in [9.17, 15) is 44.1 Å². The standard InChI is InChI=1S/C22H28N6O14P2/c23-19-13-21(26-7-25-19)28(8-27-13)22-17(32)15(30)12(41-22)6-39-44(36,37)42-43(34,35)38-5-11-14(29)16(31)18(40-11)9-2-1-3-10(4-9)20(24)33/h1-4,7-8,11-12,14-18,22,29-32H,5-6H2,(H2,24,33)(H,34,35)(H,36,37)(H2,23,25,26)/t11-,12-,14?,15+,16+,17?,18+,22-/m1/s1. The predicted molar refractivity (Wildman–Crippen MR) is 143 cm³/mol. The van der Waals surface area contributed by atoms with Gasteiger partial charge in [-0.2, -0.15) is 4.31 Å². The van der Waals surface area contributed by atoms with E-state index in [4.69, 9.17) is 30.0 Å². The third-order valence-corrected chi connectivity index (χ3v) is 9.47. The molecule has 240 valence electrons. The van der Waals surface area contributed by atoms with Crippen molar-refractivity contribution in [3.63, 3.8) is 0 Å². The van der Waals surface area contributed by atoms with E-state index < -0.39 is 83.7 Å². The maximum atomic E-state index is 12.4. The second-order valence-corrected chi connectivity index (χ2v) is 12.8. The first kappa shape index (κ1) is 32.5. The molecule has 5 rings (SSSR count). The second-order valence-electron chi connectivity index (χ2n) is 9.81. The second kappa shape index (κ2) is 12.5. The molecule has 2 aliphatic heterocycles. The summed E-state index contributed by atoms with van der Waals surface area (Å²) in [4.78, 5) is 43.3. The molecule has 2 saturated heterocycles. The van der Waals surface area contributed by atoms with E-state index in [1.807, 2.05) is 0 Å². The number of carbonyl (C=O) groups excluding carboxylic acids is 1. The van der Waals surface area contributed by atoms with Gasteiger partial charge in [0.1, 0.15) is 54.6 Å². The van der Waals surface area contributed by atoms with Crippen LogP contribution in [0, 0.1) is 0 Å². The van der Waals surface area contributed by atoms with Crippen LogP contribution < -0.4 is 11.5 Å². The first-order valence-electron chi connectivity index (χ1n) is 12.7. The van der Waals surface area contributed by atoms with E-state index in [-0.39, 0.29) is 28.1 Å². The van der Waals surface area contributed by atoms with Crippen molar-refractivity contribution in [2.75, 3.05) is 18.9 Å². The number of hydrogen-bond donors (Lipinski definition) is 8. The van der Waals surface area contributed by atoms with Gasteiger partial charge in [0.05, 0.1) is 19.5 Å². The highest BCUT2D eigenvalue weighted by Gasteiger charge is 2.47. The maximum absolute atomic E-state index is 12.4. The molecule has 4 heterocycles. The number of rotatable bonds is 11. The molecular formula is C22H28N6O14P2. The zero-order valence-corrected chi connectivity index (χ0v) is 24.1. The van der Waals surface area contributed by atoms with Crippen LogP contribution in [-0.4, -0.2) is 105 Å². The number of aliphatic hydroxyl groups is 4. The van der Waals surface area contributed by atoms with Gasteiger partial charge in [-0.25, -0.2) is 24.1 Å². The van der Waals surface area contributed by atoms with Gasteiger partial charge in [0.15, 0.2) is 17.7 Å². The van der Waals surface area contributed by atoms with E-state index in [1.165, 1.54) is 35.2 Å². The Morgan fingerprint density at radius 3 is 2.23 bits per heavy atom. The van der Waals surface area contributed by atoms with E-state index in [1.54, 1.807) is 0 Å². The molecule has 1 aromatic carbocycles. The molecule has 0 saturated carbocycles. The Hall–Kier alpha value is -2.94. The van der Waals surface area contributed by atoms with Crippen LogP contribution in [0.25, 0.3) is 11.2 Å². The minimum Gasteiger partial charge on any atom is -0.387 e. The summed E-state index contributed by atoms with van der Waals surface area (Å²) in [6.45, 7) is -1.78. The fourth-order valence-electron chi connectivity index (χ4n) is 4.70. The number of phosphoric ester groups is 2. The number of ether oxygens (including phenoxy) is 2. The van der Waals surface area contributed by atoms with Gasteiger partial charge in [0, 0.05) is 5.56 Å². The van der Waals surface area contributed by atoms with Crippen LogP contribution >= 0.6 is 15.6 Å². The quantitative estimate of drug-likeness (QED) is 0.105. The van der Waals surface area contributed by atoms with Gasteiger partial charge >= 0.3 is 15.6 Å². The SMILES string of the molecule is NC(=O)c1cccc([C@@H]2O[C@H](COP(=O)(O)OP(=O)(O)OC[C@H]3O[C@@H](n4cnc5c(N)ncnc54)C(O)[C@H]3O)C(O)[C@@H]2O)c1. The molecule has 1 amide bonds. The number of benzene rings is 1. The number of fused-ring (bicyclic) bond motifs is 1. The molecule has 20 nitrogen and oxygen atoms in total. The van der Waals surface area contributed by atoms with Crippen molar-refractivity contribution in [2.24, 2.45) is 5.73 Å². The number of hydrogen-bond acceptors (Lipinski definition) is 16. The van der Waals surface area contributed by atoms with Crippen LogP contribution in [-0.2, 0) is 32.0 Å². The lowest BCUT2D eigenvalue weighted by molar-refractivity contribution is -0.0507. The molecule has 0 radical (unpaired) electrons. The number of nitrogens with zero attached hydrogens (tertiary/aromatic N) is 4. The number of anilines is 1. The summed E-state index contributed by atoms with van der Waals surface area (Å²) in [6, 6.07) is 5.72. The third kappa shape index (κ3) is 6.68. The van der Waals surface area contributed by atoms with E-state index in [0.717, 1.165) is 6.33 Å². The number of phosphoric acid groups is 2. The van der Waals surface area contributed by atoms with Crippen molar-refractivity contribution in [3.05, 3.63) is 48.0 Å². The highest BCUT2D eigenvalue weighted by Crippen LogP contribution is 2.60. The zero-order valence-electron chi connectivity index (χ0n) is 22.3. The lowest BCUT2D eigenvalue weighted by Crippen LogP contribution is -2.33. The Bertz CT molecular complexity index is 1630. The lowest BCUT2D eigenvalue weighted by atomic mass is 10.00. The summed E-state index contributed by atoms with van der Waals surface area (Å²) in [5.41, 5.74) is 11.7. The van der Waals surface area contributed by atoms with Crippen LogP contribution in [0.3, 0.4) is 0 Å². The topological polar surface area (TPSA) is 314 Å². The van der Waals surface area contributed by atoms with Crippen molar-refractivity contribution in [1.82, 2.24) is 19.5 Å². The number of aliphatic hydroxyl groups excluding tert-OH is 4. The normalized spacial score (nSPS) is 31.6. The number of nitrogens with two attached hydrogens (primary N) is 2. The molecule has 22 heteroatoms. The summed E-state index contributed by atoms with van der Waals surface area (Å²) in [7, 11) is -10.7. The average molecular weight is 662 g/mol. The molecular weight excluding hydrogens is 634 g/mol. The summed E-state index contributed by atoms with van der Waals surface area (Å²) >= 11 is 0. The van der Waals surface area contributed by atoms with Crippen LogP contribution in [0.1, 0.15) is 28.3 Å². The number of carbonyl (C=O) groups is 1. The van der Waals surface area contributed by atoms with Gasteiger partial charge in [-0.15, -0.1) is 0 Å². The average Bonchev–Trinajstić information content (AvgIpc) is 3.61. The molecule has 2 aromatic heterocycles. The molecule has 2 fully saturated rings. The summed E-state index contributed by atoms with van der Waals surface area (Å²) in [6.07, 6.45) is -9.33. The van der Waals surface area contributed by atoms with Crippen molar-refractivity contribution in [3.8, 4) is 0 Å². The smallest absolute Gasteiger partial charge is 0.387 e. The Labute approximate surface area is 247 Å². The van der Waals surface area contributed by atoms with E-state index in [2.05, 4.69) is 19.3 Å². The predicted octanol–water partition coefficient (Wildman–Crippen LogP) is -1.76. The van der Waals surface area contributed by atoms with Crippen molar-refractivity contribution < 1.29 is 67.0 Å². The molecule has 2 aliphatic rings. The highest BCUT2D eigenvalue weighted by molar-refractivity contribution is 7.61. The first-order valence-corrected chi connectivity index (χ1v) is 15.7. The first-order chi connectivity index (χ1) is 20.7. The number of aromatic nitrogens is 4. The molecule has 3 aromatic rings. The number of nitrogen functional groups attached to an aromatic ring is 1. The minimum absolute atomic E-state index is 0.0516. The third-order valence-electron chi connectivity index (χ3n) is 6.87. The fraction of sp³-hybridized carbons (Fsp3) is 0.455. The van der Waals surface area contributed by atoms with Crippen LogP contribution in [0.2, 0.25) is 0 Å². The number of imidazole rings is 1. The Balaban J connectivity index is 1.16. The fourth-order valence-corrected chi connectivity index (χ4v) is 6.79. The Kier molecular flexibility index (Phi) is 9.18. The summed E-state index contributed by atoms with van der Waals surface area (Å²) in [5.74, 6) is -0.693. The van der Waals surface area contributed by atoms with Crippen LogP contribution in [0.15, 0.2) is 36.9 Å². The number of amides is 1. The van der Waals surface area contributed by atoms with Gasteiger partial charge in [0.25, 0.3) is 0 Å². The maximum Gasteiger partial charge on any atom is 0.481 e. The van der Waals surface area contributed by atoms with Gasteiger partial charge in [-0.1, -0.05) is 12.1 Å². The van der Waals surface area contributed by atoms with E-state index >= 15 is 0 Å². The molecule has 0 spiro atoms. The highest BCUT2D eigenvalue weighted by atomic mass is 31.3. The van der Waals surface area contributed by atoms with Gasteiger partial charge in [-0.05, 0) is 17.7 Å². The largest absolute Gasteiger partial charge is 0.481 e. The van der Waals surface area contributed by atoms with Gasteiger partial charge in [0.2, 0.25) is 5.91 Å². The van der Waals surface area contributed by atoms with Crippen molar-refractivity contribution in [2.45, 2.75) is 49.0 Å². The molecule has 10 N–H and O–H groups in total. The molecule has 10 atom stereocenters. The number of primary amides is 1. The van der Waals surface area contributed by atoms with Gasteiger partial charge < -0.3 is 51.2 Å². The lowest BCUT2D eigenvalue weighted by Gasteiger charge is -2.20. The molecule has 4 unspecified atom stereocenters. The Morgan fingerprint density at radius 2 is 1.57 bits per heavy atom. The molecule has 0 bridgehead atoms. The van der Waals surface area contributed by atoms with Crippen LogP contribution in [0.5, 0.6) is 0 Å². The summed E-state index contributed by atoms with van der Waals surface area (Å²) in [5, 5.41) is 41.7. The monoisotopic (exact) mass is 662 g/mol. The van der Waals surface area contributed by atoms with Crippen molar-refractivity contribution in [1.29, 1.82) is 0 Å². The molecule has 0 aliphatic carbocycles. The van der Waals surface area contributed by atoms with E-state index in [0.29, 0.717) is 0 Å². The zero-order chi connectivity index (χ0) is 32.0. The van der Waals surface area contributed by atoms with Crippen molar-refractivity contribution >= 4 is 38.5 Å². The Morgan fingerprint density at radius 1 is 0.932 bits per heavy atom. The van der Waals surface area contributed by atoms with Crippen LogP contribution in [0.4, 0.5) is 5.82 Å². The molecule has 44 heavy (non-hydrogen) atoms.